The van der Waals surface area contributed by atoms with Crippen molar-refractivity contribution in [2.45, 2.75) is 27.0 Å². The molecule has 92 valence electrons. The summed E-state index contributed by atoms with van der Waals surface area (Å²) in [5.74, 6) is 0.764. The van der Waals surface area contributed by atoms with Gasteiger partial charge in [-0.05, 0) is 37.1 Å². The van der Waals surface area contributed by atoms with E-state index in [4.69, 9.17) is 10.00 Å². The van der Waals surface area contributed by atoms with E-state index in [9.17, 15) is 0 Å². The zero-order chi connectivity index (χ0) is 13.0. The molecule has 0 saturated heterocycles. The second-order valence-electron chi connectivity index (χ2n) is 4.07. The number of aryl methyl sites for hydroxylation is 2. The summed E-state index contributed by atoms with van der Waals surface area (Å²) in [5, 5.41) is 12.9. The molecule has 2 aromatic rings. The van der Waals surface area contributed by atoms with Crippen molar-refractivity contribution in [1.29, 1.82) is 5.26 Å². The van der Waals surface area contributed by atoms with Crippen molar-refractivity contribution in [2.24, 2.45) is 0 Å². The molecule has 0 aliphatic heterocycles. The van der Waals surface area contributed by atoms with Crippen LogP contribution in [0.4, 0.5) is 0 Å². The molecule has 4 heteroatoms. The minimum Gasteiger partial charge on any atom is -0.486 e. The molecule has 0 saturated carbocycles. The van der Waals surface area contributed by atoms with Crippen molar-refractivity contribution in [3.63, 3.8) is 0 Å². The van der Waals surface area contributed by atoms with E-state index in [1.165, 1.54) is 0 Å². The minimum atomic E-state index is 0.493. The van der Waals surface area contributed by atoms with Crippen LogP contribution in [0.3, 0.4) is 0 Å². The third-order valence-electron chi connectivity index (χ3n) is 2.80. The summed E-state index contributed by atoms with van der Waals surface area (Å²) in [4.78, 5) is 0. The summed E-state index contributed by atoms with van der Waals surface area (Å²) in [6, 6.07) is 7.73. The first-order valence-electron chi connectivity index (χ1n) is 5.88. The third kappa shape index (κ3) is 2.69. The molecule has 0 N–H and O–H groups in total. The van der Waals surface area contributed by atoms with E-state index in [0.717, 1.165) is 23.4 Å². The van der Waals surface area contributed by atoms with E-state index in [2.05, 4.69) is 11.2 Å². The van der Waals surface area contributed by atoms with Gasteiger partial charge >= 0.3 is 0 Å². The highest BCUT2D eigenvalue weighted by molar-refractivity contribution is 5.37. The molecule has 0 aliphatic carbocycles. The topological polar surface area (TPSA) is 50.8 Å². The molecular formula is C14H15N3O. The fourth-order valence-electron chi connectivity index (χ4n) is 1.68. The Morgan fingerprint density at radius 2 is 2.28 bits per heavy atom. The SMILES string of the molecule is CCn1cc(OCc2ccc(C#N)cc2C)cn1. The largest absolute Gasteiger partial charge is 0.486 e. The molecule has 0 amide bonds. The lowest BCUT2D eigenvalue weighted by Gasteiger charge is -2.07. The molecule has 2 rings (SSSR count). The Balaban J connectivity index is 2.04. The van der Waals surface area contributed by atoms with E-state index < -0.39 is 0 Å². The predicted octanol–water partition coefficient (Wildman–Crippen LogP) is 2.66. The average Bonchev–Trinajstić information content (AvgIpc) is 2.85. The van der Waals surface area contributed by atoms with Crippen LogP contribution in [-0.4, -0.2) is 9.78 Å². The number of hydrogen-bond donors (Lipinski definition) is 0. The molecular weight excluding hydrogens is 226 g/mol. The van der Waals surface area contributed by atoms with Gasteiger partial charge in [-0.3, -0.25) is 4.68 Å². The van der Waals surface area contributed by atoms with Gasteiger partial charge < -0.3 is 4.74 Å². The van der Waals surface area contributed by atoms with Crippen molar-refractivity contribution in [2.75, 3.05) is 0 Å². The van der Waals surface area contributed by atoms with E-state index in [-0.39, 0.29) is 0 Å². The maximum atomic E-state index is 8.80. The van der Waals surface area contributed by atoms with Crippen molar-refractivity contribution in [3.8, 4) is 11.8 Å². The van der Waals surface area contributed by atoms with Gasteiger partial charge in [-0.1, -0.05) is 6.07 Å². The Labute approximate surface area is 106 Å². The highest BCUT2D eigenvalue weighted by Crippen LogP contribution is 2.15. The molecule has 0 spiro atoms. The van der Waals surface area contributed by atoms with E-state index >= 15 is 0 Å². The second kappa shape index (κ2) is 5.37. The normalized spacial score (nSPS) is 10.1. The molecule has 0 aliphatic rings. The Morgan fingerprint density at radius 1 is 1.44 bits per heavy atom. The Hall–Kier alpha value is -2.28. The van der Waals surface area contributed by atoms with Crippen LogP contribution >= 0.6 is 0 Å². The van der Waals surface area contributed by atoms with Crippen LogP contribution in [0.15, 0.2) is 30.6 Å². The number of benzene rings is 1. The standard InChI is InChI=1S/C14H15N3O/c1-3-17-9-14(8-16-17)18-10-13-5-4-12(7-15)6-11(13)2/h4-6,8-9H,3,10H2,1-2H3. The van der Waals surface area contributed by atoms with Gasteiger partial charge in [-0.25, -0.2) is 0 Å². The number of nitriles is 1. The number of aromatic nitrogens is 2. The summed E-state index contributed by atoms with van der Waals surface area (Å²) < 4.78 is 7.48. The fraction of sp³-hybridized carbons (Fsp3) is 0.286. The quantitative estimate of drug-likeness (QED) is 0.826. The highest BCUT2D eigenvalue weighted by atomic mass is 16.5. The molecule has 1 aromatic heterocycles. The number of rotatable bonds is 4. The zero-order valence-electron chi connectivity index (χ0n) is 10.6. The molecule has 4 nitrogen and oxygen atoms in total. The Kier molecular flexibility index (Phi) is 3.63. The van der Waals surface area contributed by atoms with Gasteiger partial charge in [0.05, 0.1) is 24.0 Å². The second-order valence-corrected chi connectivity index (χ2v) is 4.07. The lowest BCUT2D eigenvalue weighted by molar-refractivity contribution is 0.305. The van der Waals surface area contributed by atoms with E-state index in [1.54, 1.807) is 12.3 Å². The van der Waals surface area contributed by atoms with Crippen molar-refractivity contribution < 1.29 is 4.74 Å². The van der Waals surface area contributed by atoms with Crippen LogP contribution in [-0.2, 0) is 13.2 Å². The summed E-state index contributed by atoms with van der Waals surface area (Å²) in [7, 11) is 0. The first-order valence-corrected chi connectivity index (χ1v) is 5.88. The molecule has 0 atom stereocenters. The van der Waals surface area contributed by atoms with Crippen LogP contribution in [0, 0.1) is 18.3 Å². The van der Waals surface area contributed by atoms with Crippen LogP contribution < -0.4 is 4.74 Å². The molecule has 0 bridgehead atoms. The predicted molar refractivity (Wildman–Crippen MR) is 68.1 cm³/mol. The minimum absolute atomic E-state index is 0.493. The summed E-state index contributed by atoms with van der Waals surface area (Å²) >= 11 is 0. The monoisotopic (exact) mass is 241 g/mol. The van der Waals surface area contributed by atoms with Gasteiger partial charge in [0.1, 0.15) is 6.61 Å². The van der Waals surface area contributed by atoms with Crippen LogP contribution in [0.1, 0.15) is 23.6 Å². The van der Waals surface area contributed by atoms with Gasteiger partial charge in [-0.15, -0.1) is 0 Å². The van der Waals surface area contributed by atoms with E-state index in [1.807, 2.05) is 36.9 Å². The molecule has 0 unspecified atom stereocenters. The first kappa shape index (κ1) is 12.2. The van der Waals surface area contributed by atoms with Gasteiger partial charge in [0, 0.05) is 6.54 Å². The highest BCUT2D eigenvalue weighted by Gasteiger charge is 2.03. The molecule has 0 fully saturated rings. The summed E-state index contributed by atoms with van der Waals surface area (Å²) in [5.41, 5.74) is 2.82. The van der Waals surface area contributed by atoms with Gasteiger partial charge in [0.25, 0.3) is 0 Å². The molecule has 1 heterocycles. The summed E-state index contributed by atoms with van der Waals surface area (Å²) in [6.07, 6.45) is 3.58. The van der Waals surface area contributed by atoms with Crippen LogP contribution in [0.2, 0.25) is 0 Å². The number of hydrogen-bond acceptors (Lipinski definition) is 3. The van der Waals surface area contributed by atoms with Crippen molar-refractivity contribution in [1.82, 2.24) is 9.78 Å². The maximum absolute atomic E-state index is 8.80. The molecule has 18 heavy (non-hydrogen) atoms. The number of nitrogens with zero attached hydrogens (tertiary/aromatic N) is 3. The Morgan fingerprint density at radius 3 is 2.89 bits per heavy atom. The van der Waals surface area contributed by atoms with Gasteiger partial charge in [0.15, 0.2) is 5.75 Å². The van der Waals surface area contributed by atoms with Gasteiger partial charge in [-0.2, -0.15) is 10.4 Å². The third-order valence-corrected chi connectivity index (χ3v) is 2.80. The average molecular weight is 241 g/mol. The van der Waals surface area contributed by atoms with Crippen LogP contribution in [0.25, 0.3) is 0 Å². The smallest absolute Gasteiger partial charge is 0.157 e. The first-order chi connectivity index (χ1) is 8.72. The number of ether oxygens (including phenoxy) is 1. The lowest BCUT2D eigenvalue weighted by Crippen LogP contribution is -1.98. The molecule has 1 aromatic carbocycles. The lowest BCUT2D eigenvalue weighted by atomic mass is 10.1. The molecule has 0 radical (unpaired) electrons. The zero-order valence-corrected chi connectivity index (χ0v) is 10.6. The van der Waals surface area contributed by atoms with Crippen molar-refractivity contribution >= 4 is 0 Å². The van der Waals surface area contributed by atoms with E-state index in [0.29, 0.717) is 12.2 Å². The Bertz CT molecular complexity index is 581. The fourth-order valence-corrected chi connectivity index (χ4v) is 1.68. The van der Waals surface area contributed by atoms with Gasteiger partial charge in [0.2, 0.25) is 0 Å². The maximum Gasteiger partial charge on any atom is 0.157 e. The summed E-state index contributed by atoms with van der Waals surface area (Å²) in [6.45, 7) is 5.34. The van der Waals surface area contributed by atoms with Crippen molar-refractivity contribution in [3.05, 3.63) is 47.3 Å². The van der Waals surface area contributed by atoms with Crippen LogP contribution in [0.5, 0.6) is 5.75 Å².